The Morgan fingerprint density at radius 2 is 1.84 bits per heavy atom. The number of aryl methyl sites for hydroxylation is 2. The van der Waals surface area contributed by atoms with Gasteiger partial charge in [-0.05, 0) is 54.5 Å². The molecule has 0 saturated heterocycles. The lowest BCUT2D eigenvalue weighted by Crippen LogP contribution is -2.02. The van der Waals surface area contributed by atoms with E-state index in [1.807, 2.05) is 12.1 Å². The molecule has 1 aromatic heterocycles. The van der Waals surface area contributed by atoms with Crippen molar-refractivity contribution in [3.05, 3.63) is 46.4 Å². The second-order valence-corrected chi connectivity index (χ2v) is 5.05. The highest BCUT2D eigenvalue weighted by Gasteiger charge is 2.11. The van der Waals surface area contributed by atoms with Crippen LogP contribution in [0, 0.1) is 11.3 Å². The minimum atomic E-state index is 0.117. The number of halogens is 1. The summed E-state index contributed by atoms with van der Waals surface area (Å²) in [4.78, 5) is 8.06. The van der Waals surface area contributed by atoms with Gasteiger partial charge in [0.2, 0.25) is 5.28 Å². The zero-order valence-corrected chi connectivity index (χ0v) is 11.1. The summed E-state index contributed by atoms with van der Waals surface area (Å²) in [6, 6.07) is 10.0. The predicted octanol–water partition coefficient (Wildman–Crippen LogP) is 3.55. The fraction of sp³-hybridized carbons (Fsp3) is 0.267. The molecule has 0 fully saturated rings. The van der Waals surface area contributed by atoms with Crippen LogP contribution in [0.2, 0.25) is 5.28 Å². The zero-order valence-electron chi connectivity index (χ0n) is 10.4. The van der Waals surface area contributed by atoms with E-state index in [9.17, 15) is 0 Å². The Hall–Kier alpha value is -1.92. The molecule has 1 aliphatic carbocycles. The average molecular weight is 270 g/mol. The van der Waals surface area contributed by atoms with Crippen LogP contribution in [0.5, 0.6) is 0 Å². The van der Waals surface area contributed by atoms with E-state index in [4.69, 9.17) is 16.9 Å². The molecule has 0 amide bonds. The van der Waals surface area contributed by atoms with Crippen molar-refractivity contribution < 1.29 is 0 Å². The first-order chi connectivity index (χ1) is 9.26. The largest absolute Gasteiger partial charge is 0.224 e. The SMILES string of the molecule is N#Cc1cc(-c2ccc3c(c2)CCCC3)nc(Cl)n1. The first-order valence-corrected chi connectivity index (χ1v) is 6.71. The first kappa shape index (κ1) is 12.1. The molecule has 94 valence electrons. The molecule has 0 radical (unpaired) electrons. The summed E-state index contributed by atoms with van der Waals surface area (Å²) in [5.74, 6) is 0. The van der Waals surface area contributed by atoms with E-state index in [0.29, 0.717) is 11.4 Å². The molecule has 0 atom stereocenters. The maximum absolute atomic E-state index is 8.93. The Labute approximate surface area is 116 Å². The van der Waals surface area contributed by atoms with Crippen LogP contribution in [-0.4, -0.2) is 9.97 Å². The normalized spacial score (nSPS) is 13.7. The van der Waals surface area contributed by atoms with Crippen LogP contribution in [0.1, 0.15) is 29.7 Å². The third-order valence-corrected chi connectivity index (χ3v) is 3.63. The van der Waals surface area contributed by atoms with Gasteiger partial charge in [-0.2, -0.15) is 5.26 Å². The van der Waals surface area contributed by atoms with Gasteiger partial charge in [-0.3, -0.25) is 0 Å². The van der Waals surface area contributed by atoms with Crippen molar-refractivity contribution in [3.63, 3.8) is 0 Å². The van der Waals surface area contributed by atoms with Gasteiger partial charge in [0.1, 0.15) is 11.8 Å². The molecular formula is C15H12ClN3. The molecular weight excluding hydrogens is 258 g/mol. The molecule has 19 heavy (non-hydrogen) atoms. The van der Waals surface area contributed by atoms with E-state index in [1.165, 1.54) is 24.0 Å². The lowest BCUT2D eigenvalue weighted by molar-refractivity contribution is 0.686. The lowest BCUT2D eigenvalue weighted by atomic mass is 9.90. The van der Waals surface area contributed by atoms with Gasteiger partial charge >= 0.3 is 0 Å². The fourth-order valence-corrected chi connectivity index (χ4v) is 2.70. The predicted molar refractivity (Wildman–Crippen MR) is 73.8 cm³/mol. The van der Waals surface area contributed by atoms with E-state index in [1.54, 1.807) is 6.07 Å². The zero-order chi connectivity index (χ0) is 13.2. The highest BCUT2D eigenvalue weighted by Crippen LogP contribution is 2.27. The van der Waals surface area contributed by atoms with Gasteiger partial charge in [-0.1, -0.05) is 12.1 Å². The molecule has 0 saturated carbocycles. The second-order valence-electron chi connectivity index (χ2n) is 4.71. The molecule has 3 nitrogen and oxygen atoms in total. The fourth-order valence-electron chi connectivity index (χ4n) is 2.52. The third kappa shape index (κ3) is 2.45. The first-order valence-electron chi connectivity index (χ1n) is 6.33. The number of hydrogen-bond acceptors (Lipinski definition) is 3. The molecule has 2 aromatic rings. The number of nitriles is 1. The van der Waals surface area contributed by atoms with Crippen LogP contribution < -0.4 is 0 Å². The maximum Gasteiger partial charge on any atom is 0.224 e. The molecule has 1 aromatic carbocycles. The van der Waals surface area contributed by atoms with Gasteiger partial charge in [-0.25, -0.2) is 9.97 Å². The van der Waals surface area contributed by atoms with Crippen LogP contribution in [0.15, 0.2) is 24.3 Å². The van der Waals surface area contributed by atoms with Gasteiger partial charge in [0.15, 0.2) is 0 Å². The summed E-state index contributed by atoms with van der Waals surface area (Å²) in [6.07, 6.45) is 4.78. The molecule has 0 bridgehead atoms. The van der Waals surface area contributed by atoms with Crippen molar-refractivity contribution in [2.24, 2.45) is 0 Å². The lowest BCUT2D eigenvalue weighted by Gasteiger charge is -2.16. The van der Waals surface area contributed by atoms with Crippen LogP contribution in [-0.2, 0) is 12.8 Å². The van der Waals surface area contributed by atoms with Crippen molar-refractivity contribution in [2.45, 2.75) is 25.7 Å². The Balaban J connectivity index is 2.07. The van der Waals surface area contributed by atoms with Crippen molar-refractivity contribution in [1.29, 1.82) is 5.26 Å². The number of benzene rings is 1. The van der Waals surface area contributed by atoms with Crippen molar-refractivity contribution in [3.8, 4) is 17.3 Å². The highest BCUT2D eigenvalue weighted by molar-refractivity contribution is 6.28. The highest BCUT2D eigenvalue weighted by atomic mass is 35.5. The topological polar surface area (TPSA) is 49.6 Å². The van der Waals surface area contributed by atoms with E-state index in [2.05, 4.69) is 22.1 Å². The van der Waals surface area contributed by atoms with Gasteiger partial charge in [0, 0.05) is 11.6 Å². The minimum Gasteiger partial charge on any atom is -0.218 e. The van der Waals surface area contributed by atoms with Crippen LogP contribution in [0.25, 0.3) is 11.3 Å². The Morgan fingerprint density at radius 3 is 2.63 bits per heavy atom. The average Bonchev–Trinajstić information content (AvgIpc) is 2.46. The quantitative estimate of drug-likeness (QED) is 0.744. The van der Waals surface area contributed by atoms with Crippen LogP contribution in [0.3, 0.4) is 0 Å². The summed E-state index contributed by atoms with van der Waals surface area (Å²) in [7, 11) is 0. The Morgan fingerprint density at radius 1 is 1.05 bits per heavy atom. The van der Waals surface area contributed by atoms with Crippen molar-refractivity contribution in [1.82, 2.24) is 9.97 Å². The number of fused-ring (bicyclic) bond motifs is 1. The minimum absolute atomic E-state index is 0.117. The molecule has 0 unspecified atom stereocenters. The number of nitrogens with zero attached hydrogens (tertiary/aromatic N) is 3. The molecule has 0 N–H and O–H groups in total. The van der Waals surface area contributed by atoms with Crippen LogP contribution in [0.4, 0.5) is 0 Å². The molecule has 1 aliphatic rings. The summed E-state index contributed by atoms with van der Waals surface area (Å²) >= 11 is 5.85. The molecule has 1 heterocycles. The number of aromatic nitrogens is 2. The van der Waals surface area contributed by atoms with E-state index in [-0.39, 0.29) is 5.28 Å². The van der Waals surface area contributed by atoms with Gasteiger partial charge in [-0.15, -0.1) is 0 Å². The van der Waals surface area contributed by atoms with Gasteiger partial charge < -0.3 is 0 Å². The second kappa shape index (κ2) is 4.99. The molecule has 3 rings (SSSR count). The third-order valence-electron chi connectivity index (χ3n) is 3.46. The smallest absolute Gasteiger partial charge is 0.218 e. The van der Waals surface area contributed by atoms with E-state index >= 15 is 0 Å². The molecule has 0 aliphatic heterocycles. The number of rotatable bonds is 1. The van der Waals surface area contributed by atoms with E-state index in [0.717, 1.165) is 18.4 Å². The summed E-state index contributed by atoms with van der Waals surface area (Å²) in [5.41, 5.74) is 4.83. The molecule has 4 heteroatoms. The summed E-state index contributed by atoms with van der Waals surface area (Å²) in [5, 5.41) is 9.04. The monoisotopic (exact) mass is 269 g/mol. The van der Waals surface area contributed by atoms with Crippen molar-refractivity contribution in [2.75, 3.05) is 0 Å². The summed E-state index contributed by atoms with van der Waals surface area (Å²) in [6.45, 7) is 0. The van der Waals surface area contributed by atoms with E-state index < -0.39 is 0 Å². The number of hydrogen-bond donors (Lipinski definition) is 0. The standard InChI is InChI=1S/C15H12ClN3/c16-15-18-13(9-17)8-14(19-15)12-6-5-10-3-1-2-4-11(10)7-12/h5-8H,1-4H2. The van der Waals surface area contributed by atoms with Crippen molar-refractivity contribution >= 4 is 11.6 Å². The van der Waals surface area contributed by atoms with Gasteiger partial charge in [0.25, 0.3) is 0 Å². The van der Waals surface area contributed by atoms with Crippen LogP contribution >= 0.6 is 11.6 Å². The Bertz CT molecular complexity index is 674. The summed E-state index contributed by atoms with van der Waals surface area (Å²) < 4.78 is 0. The maximum atomic E-state index is 8.93. The molecule has 0 spiro atoms. The Kier molecular flexibility index (Phi) is 3.18. The van der Waals surface area contributed by atoms with Gasteiger partial charge in [0.05, 0.1) is 5.69 Å².